The van der Waals surface area contributed by atoms with E-state index in [1.54, 1.807) is 36.4 Å². The first kappa shape index (κ1) is 18.2. The van der Waals surface area contributed by atoms with E-state index in [1.165, 1.54) is 13.2 Å². The number of carbonyl (C=O) groups excluding carboxylic acids is 1. The molecule has 0 unspecified atom stereocenters. The van der Waals surface area contributed by atoms with Crippen LogP contribution in [0.3, 0.4) is 0 Å². The van der Waals surface area contributed by atoms with Crippen molar-refractivity contribution in [1.29, 1.82) is 0 Å². The molecule has 2 aromatic carbocycles. The van der Waals surface area contributed by atoms with Gasteiger partial charge in [0.2, 0.25) is 5.91 Å². The lowest BCUT2D eigenvalue weighted by molar-refractivity contribution is -0.116. The van der Waals surface area contributed by atoms with Gasteiger partial charge in [0, 0.05) is 17.7 Å². The van der Waals surface area contributed by atoms with Crippen LogP contribution in [-0.4, -0.2) is 33.8 Å². The van der Waals surface area contributed by atoms with Gasteiger partial charge in [0.05, 0.1) is 23.6 Å². The van der Waals surface area contributed by atoms with E-state index in [2.05, 4.69) is 15.0 Å². The van der Waals surface area contributed by atoms with Gasteiger partial charge in [-0.25, -0.2) is 8.42 Å². The van der Waals surface area contributed by atoms with Crippen molar-refractivity contribution in [2.45, 2.75) is 11.3 Å². The molecule has 1 aliphatic rings. The molecular formula is C17H16ClN3O4S. The van der Waals surface area contributed by atoms with Gasteiger partial charge in [0.25, 0.3) is 10.0 Å². The van der Waals surface area contributed by atoms with E-state index in [0.717, 1.165) is 0 Å². The van der Waals surface area contributed by atoms with E-state index >= 15 is 0 Å². The number of amides is 1. The average molecular weight is 394 g/mol. The van der Waals surface area contributed by atoms with Crippen molar-refractivity contribution < 1.29 is 17.9 Å². The van der Waals surface area contributed by atoms with Crippen LogP contribution >= 0.6 is 11.6 Å². The monoisotopic (exact) mass is 393 g/mol. The van der Waals surface area contributed by atoms with Crippen LogP contribution < -0.4 is 14.8 Å². The Labute approximate surface area is 156 Å². The topological polar surface area (TPSA) is 96.9 Å². The Balaban J connectivity index is 1.62. The lowest BCUT2D eigenvalue weighted by Crippen LogP contribution is -2.23. The second-order valence-electron chi connectivity index (χ2n) is 5.48. The molecule has 0 fully saturated rings. The number of fused-ring (bicyclic) bond motifs is 1. The number of rotatable bonds is 5. The number of ether oxygens (including phenoxy) is 1. The number of anilines is 1. The van der Waals surface area contributed by atoms with Gasteiger partial charge in [-0.2, -0.15) is 0 Å². The lowest BCUT2D eigenvalue weighted by atomic mass is 10.2. The van der Waals surface area contributed by atoms with Gasteiger partial charge >= 0.3 is 0 Å². The number of nitrogens with zero attached hydrogens (tertiary/aromatic N) is 1. The minimum Gasteiger partial charge on any atom is -0.495 e. The molecule has 0 aromatic heterocycles. The van der Waals surface area contributed by atoms with Crippen LogP contribution in [-0.2, 0) is 14.8 Å². The fraction of sp³-hybridized carbons (Fsp3) is 0.176. The van der Waals surface area contributed by atoms with Gasteiger partial charge in [-0.15, -0.1) is 0 Å². The second-order valence-corrected chi connectivity index (χ2v) is 7.54. The standard InChI is InChI=1S/C17H16ClN3O4S/c1-25-14-7-6-11(10-13(14)18)20-16(22)8-9-19-17-12-4-2-3-5-15(12)26(23,24)21-17/h2-7,10H,8-9H2,1H3,(H,19,21)(H,20,22). The van der Waals surface area contributed by atoms with Crippen molar-refractivity contribution in [1.82, 2.24) is 4.72 Å². The number of amidine groups is 1. The summed E-state index contributed by atoms with van der Waals surface area (Å²) in [5, 5.41) is 3.10. The normalized spacial score (nSPS) is 16.0. The summed E-state index contributed by atoms with van der Waals surface area (Å²) in [6.45, 7) is 0.141. The molecule has 0 aliphatic carbocycles. The summed E-state index contributed by atoms with van der Waals surface area (Å²) < 4.78 is 31.4. The highest BCUT2D eigenvalue weighted by atomic mass is 35.5. The molecule has 0 saturated carbocycles. The number of benzene rings is 2. The maximum Gasteiger partial charge on any atom is 0.263 e. The third-order valence-electron chi connectivity index (χ3n) is 3.71. The molecule has 0 radical (unpaired) electrons. The number of aliphatic imine (C=N–C) groups is 1. The third-order valence-corrected chi connectivity index (χ3v) is 5.40. The molecule has 3 rings (SSSR count). The summed E-state index contributed by atoms with van der Waals surface area (Å²) in [7, 11) is -2.07. The number of nitrogens with one attached hydrogen (secondary N) is 2. The van der Waals surface area contributed by atoms with Gasteiger partial charge in [-0.05, 0) is 30.3 Å². The van der Waals surface area contributed by atoms with E-state index in [4.69, 9.17) is 16.3 Å². The van der Waals surface area contributed by atoms with Gasteiger partial charge < -0.3 is 10.1 Å². The molecular weight excluding hydrogens is 378 g/mol. The Morgan fingerprint density at radius 3 is 2.77 bits per heavy atom. The predicted octanol–water partition coefficient (Wildman–Crippen LogP) is 2.42. The molecule has 0 saturated heterocycles. The highest BCUT2D eigenvalue weighted by Crippen LogP contribution is 2.27. The Kier molecular flexibility index (Phi) is 5.15. The highest BCUT2D eigenvalue weighted by molar-refractivity contribution is 7.90. The van der Waals surface area contributed by atoms with Crippen molar-refractivity contribution in [3.8, 4) is 5.75 Å². The van der Waals surface area contributed by atoms with Gasteiger partial charge in [0.1, 0.15) is 11.6 Å². The van der Waals surface area contributed by atoms with Crippen LogP contribution in [0.15, 0.2) is 52.4 Å². The number of carbonyl (C=O) groups is 1. The van der Waals surface area contributed by atoms with Gasteiger partial charge in [-0.1, -0.05) is 23.7 Å². The van der Waals surface area contributed by atoms with Crippen molar-refractivity contribution in [3.63, 3.8) is 0 Å². The SMILES string of the molecule is COc1ccc(NC(=O)CCN=C2NS(=O)(=O)c3ccccc32)cc1Cl. The van der Waals surface area contributed by atoms with Crippen LogP contribution in [0.2, 0.25) is 5.02 Å². The van der Waals surface area contributed by atoms with E-state index in [9.17, 15) is 13.2 Å². The summed E-state index contributed by atoms with van der Waals surface area (Å²) in [5.74, 6) is 0.508. The minimum absolute atomic E-state index is 0.0943. The molecule has 9 heteroatoms. The van der Waals surface area contributed by atoms with Crippen molar-refractivity contribution in [2.24, 2.45) is 4.99 Å². The zero-order chi connectivity index (χ0) is 18.7. The number of methoxy groups -OCH3 is 1. The molecule has 136 valence electrons. The predicted molar refractivity (Wildman–Crippen MR) is 99.4 cm³/mol. The second kappa shape index (κ2) is 7.35. The maximum atomic E-state index is 12.0. The zero-order valence-electron chi connectivity index (χ0n) is 13.8. The molecule has 0 spiro atoms. The van der Waals surface area contributed by atoms with Gasteiger partial charge in [0.15, 0.2) is 0 Å². The largest absolute Gasteiger partial charge is 0.495 e. The summed E-state index contributed by atoms with van der Waals surface area (Å²) in [4.78, 5) is 16.4. The van der Waals surface area contributed by atoms with Crippen LogP contribution in [0.1, 0.15) is 12.0 Å². The summed E-state index contributed by atoms with van der Waals surface area (Å²) in [5.41, 5.74) is 1.05. The molecule has 0 atom stereocenters. The van der Waals surface area contributed by atoms with Gasteiger partial charge in [-0.3, -0.25) is 14.5 Å². The molecule has 7 nitrogen and oxygen atoms in total. The zero-order valence-corrected chi connectivity index (χ0v) is 15.4. The van der Waals surface area contributed by atoms with Crippen molar-refractivity contribution in [3.05, 3.63) is 53.1 Å². The molecule has 1 amide bonds. The summed E-state index contributed by atoms with van der Waals surface area (Å²) in [6, 6.07) is 11.5. The molecule has 1 heterocycles. The average Bonchev–Trinajstić information content (AvgIpc) is 2.86. The molecule has 2 N–H and O–H groups in total. The molecule has 1 aliphatic heterocycles. The maximum absolute atomic E-state index is 12.0. The highest BCUT2D eigenvalue weighted by Gasteiger charge is 2.29. The number of halogens is 1. The summed E-state index contributed by atoms with van der Waals surface area (Å²) in [6.07, 6.45) is 0.0943. The number of sulfonamides is 1. The van der Waals surface area contributed by atoms with E-state index < -0.39 is 10.0 Å². The lowest BCUT2D eigenvalue weighted by Gasteiger charge is -2.07. The smallest absolute Gasteiger partial charge is 0.263 e. The summed E-state index contributed by atoms with van der Waals surface area (Å²) >= 11 is 6.01. The fourth-order valence-electron chi connectivity index (χ4n) is 2.49. The van der Waals surface area contributed by atoms with Crippen LogP contribution in [0.4, 0.5) is 5.69 Å². The first-order valence-corrected chi connectivity index (χ1v) is 9.57. The van der Waals surface area contributed by atoms with Crippen molar-refractivity contribution in [2.75, 3.05) is 19.0 Å². The third kappa shape index (κ3) is 3.81. The van der Waals surface area contributed by atoms with E-state index in [0.29, 0.717) is 22.0 Å². The Morgan fingerprint density at radius 2 is 2.04 bits per heavy atom. The Morgan fingerprint density at radius 1 is 1.27 bits per heavy atom. The number of hydrogen-bond acceptors (Lipinski definition) is 5. The molecule has 26 heavy (non-hydrogen) atoms. The molecule has 2 aromatic rings. The first-order valence-electron chi connectivity index (χ1n) is 7.71. The van der Waals surface area contributed by atoms with Crippen LogP contribution in [0.5, 0.6) is 5.75 Å². The van der Waals surface area contributed by atoms with E-state index in [-0.39, 0.29) is 29.6 Å². The van der Waals surface area contributed by atoms with Crippen molar-refractivity contribution >= 4 is 39.1 Å². The number of hydrogen-bond donors (Lipinski definition) is 2. The molecule has 0 bridgehead atoms. The van der Waals surface area contributed by atoms with Crippen LogP contribution in [0.25, 0.3) is 0 Å². The fourth-order valence-corrected chi connectivity index (χ4v) is 4.00. The first-order chi connectivity index (χ1) is 12.4. The minimum atomic E-state index is -3.57. The Bertz CT molecular complexity index is 989. The quantitative estimate of drug-likeness (QED) is 0.815. The van der Waals surface area contributed by atoms with Crippen LogP contribution in [0, 0.1) is 0 Å². The Hall–Kier alpha value is -2.58. The van der Waals surface area contributed by atoms with E-state index in [1.807, 2.05) is 0 Å².